The second-order valence-corrected chi connectivity index (χ2v) is 9.09. The Hall–Kier alpha value is -2.97. The number of hydrogen-bond donors (Lipinski definition) is 1. The molecule has 0 unspecified atom stereocenters. The van der Waals surface area contributed by atoms with Gasteiger partial charge in [0.1, 0.15) is 18.1 Å². The lowest BCUT2D eigenvalue weighted by molar-refractivity contribution is 0.190. The molecule has 6 nitrogen and oxygen atoms in total. The van der Waals surface area contributed by atoms with Crippen LogP contribution in [0, 0.1) is 0 Å². The minimum atomic E-state index is -0.113. The number of methoxy groups -OCH3 is 3. The quantitative estimate of drug-likeness (QED) is 0.375. The Morgan fingerprint density at radius 2 is 1.68 bits per heavy atom. The molecule has 0 saturated carbocycles. The number of hydrogen-bond acceptors (Lipinski definition) is 5. The Morgan fingerprint density at radius 1 is 0.971 bits per heavy atom. The molecule has 0 bridgehead atoms. The number of thiocarbonyl (C=S) groups is 1. The van der Waals surface area contributed by atoms with E-state index in [1.807, 2.05) is 54.6 Å². The Labute approximate surface area is 213 Å². The zero-order valence-corrected chi connectivity index (χ0v) is 21.7. The number of anilines is 1. The van der Waals surface area contributed by atoms with Crippen LogP contribution < -0.4 is 24.3 Å². The maximum absolute atomic E-state index is 6.22. The summed E-state index contributed by atoms with van der Waals surface area (Å²) in [5.41, 5.74) is 3.23. The molecule has 3 aromatic rings. The fourth-order valence-corrected chi connectivity index (χ4v) is 4.80. The first kappa shape index (κ1) is 24.2. The highest BCUT2D eigenvalue weighted by Crippen LogP contribution is 2.39. The van der Waals surface area contributed by atoms with Crippen LogP contribution in [0.2, 0.25) is 0 Å². The molecule has 0 saturated heterocycles. The van der Waals surface area contributed by atoms with Gasteiger partial charge in [0.15, 0.2) is 16.6 Å². The second-order valence-electron chi connectivity index (χ2n) is 7.79. The van der Waals surface area contributed by atoms with E-state index in [0.29, 0.717) is 17.5 Å². The normalized spacial score (nSPS) is 14.7. The molecule has 1 atom stereocenters. The lowest BCUT2D eigenvalue weighted by Gasteiger charge is -2.39. The summed E-state index contributed by atoms with van der Waals surface area (Å²) >= 11 is 9.37. The molecule has 178 valence electrons. The average molecular weight is 543 g/mol. The molecule has 0 radical (unpaired) electrons. The predicted molar refractivity (Wildman–Crippen MR) is 142 cm³/mol. The first-order chi connectivity index (χ1) is 16.5. The Balaban J connectivity index is 1.63. The summed E-state index contributed by atoms with van der Waals surface area (Å²) in [4.78, 5) is 2.17. The van der Waals surface area contributed by atoms with Crippen molar-refractivity contribution in [2.75, 3.05) is 39.8 Å². The molecule has 1 heterocycles. The zero-order chi connectivity index (χ0) is 24.1. The molecular weight excluding hydrogens is 516 g/mol. The minimum absolute atomic E-state index is 0.113. The van der Waals surface area contributed by atoms with Crippen LogP contribution in [-0.2, 0) is 6.42 Å². The first-order valence-corrected chi connectivity index (χ1v) is 12.1. The predicted octanol–water partition coefficient (Wildman–Crippen LogP) is 5.85. The number of nitrogens with zero attached hydrogens (tertiary/aromatic N) is 1. The Morgan fingerprint density at radius 3 is 2.35 bits per heavy atom. The van der Waals surface area contributed by atoms with E-state index in [1.54, 1.807) is 21.3 Å². The lowest BCUT2D eigenvalue weighted by atomic mass is 9.92. The van der Waals surface area contributed by atoms with Crippen LogP contribution in [-0.4, -0.2) is 44.5 Å². The van der Waals surface area contributed by atoms with Crippen LogP contribution in [0.4, 0.5) is 5.69 Å². The third kappa shape index (κ3) is 5.39. The number of nitrogens with one attached hydrogen (secondary N) is 1. The van der Waals surface area contributed by atoms with Crippen LogP contribution >= 0.6 is 28.1 Å². The maximum Gasteiger partial charge on any atom is 0.174 e. The first-order valence-electron chi connectivity index (χ1n) is 10.9. The topological polar surface area (TPSA) is 52.2 Å². The molecule has 0 aliphatic carbocycles. The molecule has 0 fully saturated rings. The number of benzene rings is 3. The van der Waals surface area contributed by atoms with E-state index in [-0.39, 0.29) is 6.04 Å². The number of halogens is 1. The summed E-state index contributed by atoms with van der Waals surface area (Å²) in [6.07, 6.45) is 0.828. The maximum atomic E-state index is 6.22. The third-order valence-electron chi connectivity index (χ3n) is 5.81. The molecule has 0 spiro atoms. The van der Waals surface area contributed by atoms with Gasteiger partial charge in [0.2, 0.25) is 0 Å². The van der Waals surface area contributed by atoms with Crippen LogP contribution in [0.25, 0.3) is 0 Å². The average Bonchev–Trinajstić information content (AvgIpc) is 2.86. The van der Waals surface area contributed by atoms with Crippen molar-refractivity contribution >= 4 is 38.9 Å². The van der Waals surface area contributed by atoms with Crippen LogP contribution in [0.15, 0.2) is 65.1 Å². The van der Waals surface area contributed by atoms with Gasteiger partial charge in [-0.3, -0.25) is 0 Å². The molecule has 3 aromatic carbocycles. The summed E-state index contributed by atoms with van der Waals surface area (Å²) in [5, 5.41) is 4.02. The summed E-state index contributed by atoms with van der Waals surface area (Å²) in [6, 6.07) is 19.5. The van der Waals surface area contributed by atoms with E-state index in [9.17, 15) is 0 Å². The van der Waals surface area contributed by atoms with E-state index in [2.05, 4.69) is 32.2 Å². The third-order valence-corrected chi connectivity index (χ3v) is 6.64. The Bertz CT molecular complexity index is 1160. The Kier molecular flexibility index (Phi) is 7.80. The second kappa shape index (κ2) is 11.0. The fraction of sp³-hybridized carbons (Fsp3) is 0.269. The molecule has 0 amide bonds. The molecule has 8 heteroatoms. The SMILES string of the molecule is COc1ccc(OC[C@@H]2c3cc(OC)c(OC)cc3CCN2C(=S)Nc2cccc(Br)c2)cc1. The summed E-state index contributed by atoms with van der Waals surface area (Å²) < 4.78 is 23.6. The molecule has 0 aromatic heterocycles. The van der Waals surface area contributed by atoms with Gasteiger partial charge in [0.25, 0.3) is 0 Å². The van der Waals surface area contributed by atoms with Gasteiger partial charge in [-0.05, 0) is 84.4 Å². The molecule has 34 heavy (non-hydrogen) atoms. The van der Waals surface area contributed by atoms with Crippen LogP contribution in [0.1, 0.15) is 17.2 Å². The molecule has 1 aliphatic rings. The van der Waals surface area contributed by atoms with Crippen molar-refractivity contribution in [2.45, 2.75) is 12.5 Å². The lowest BCUT2D eigenvalue weighted by Crippen LogP contribution is -2.44. The van der Waals surface area contributed by atoms with E-state index in [4.69, 9.17) is 31.2 Å². The van der Waals surface area contributed by atoms with Gasteiger partial charge >= 0.3 is 0 Å². The van der Waals surface area contributed by atoms with Crippen LogP contribution in [0.5, 0.6) is 23.0 Å². The van der Waals surface area contributed by atoms with Gasteiger partial charge in [-0.25, -0.2) is 0 Å². The van der Waals surface area contributed by atoms with Gasteiger partial charge in [0, 0.05) is 16.7 Å². The van der Waals surface area contributed by atoms with Gasteiger partial charge in [-0.1, -0.05) is 22.0 Å². The van der Waals surface area contributed by atoms with E-state index < -0.39 is 0 Å². The highest BCUT2D eigenvalue weighted by atomic mass is 79.9. The number of fused-ring (bicyclic) bond motifs is 1. The van der Waals surface area contributed by atoms with Gasteiger partial charge in [-0.2, -0.15) is 0 Å². The van der Waals surface area contributed by atoms with Crippen molar-refractivity contribution in [2.24, 2.45) is 0 Å². The summed E-state index contributed by atoms with van der Waals surface area (Å²) in [5.74, 6) is 2.95. The van der Waals surface area contributed by atoms with Crippen molar-refractivity contribution in [3.63, 3.8) is 0 Å². The molecule has 1 aliphatic heterocycles. The van der Waals surface area contributed by atoms with Crippen molar-refractivity contribution in [1.29, 1.82) is 0 Å². The number of ether oxygens (including phenoxy) is 4. The van der Waals surface area contributed by atoms with Crippen molar-refractivity contribution in [3.8, 4) is 23.0 Å². The molecule has 1 N–H and O–H groups in total. The summed E-state index contributed by atoms with van der Waals surface area (Å²) in [7, 11) is 4.95. The van der Waals surface area contributed by atoms with Gasteiger partial charge < -0.3 is 29.2 Å². The van der Waals surface area contributed by atoms with Crippen molar-refractivity contribution < 1.29 is 18.9 Å². The van der Waals surface area contributed by atoms with E-state index >= 15 is 0 Å². The number of rotatable bonds is 7. The smallest absolute Gasteiger partial charge is 0.174 e. The highest BCUT2D eigenvalue weighted by molar-refractivity contribution is 9.10. The monoisotopic (exact) mass is 542 g/mol. The van der Waals surface area contributed by atoms with Gasteiger partial charge in [-0.15, -0.1) is 0 Å². The summed E-state index contributed by atoms with van der Waals surface area (Å²) in [6.45, 7) is 1.16. The molecule has 4 rings (SSSR count). The van der Waals surface area contributed by atoms with Crippen molar-refractivity contribution in [1.82, 2.24) is 4.90 Å². The van der Waals surface area contributed by atoms with Gasteiger partial charge in [0.05, 0.1) is 27.4 Å². The highest BCUT2D eigenvalue weighted by Gasteiger charge is 2.31. The minimum Gasteiger partial charge on any atom is -0.497 e. The largest absolute Gasteiger partial charge is 0.497 e. The zero-order valence-electron chi connectivity index (χ0n) is 19.3. The molecular formula is C26H27BrN2O4S. The van der Waals surface area contributed by atoms with Crippen molar-refractivity contribution in [3.05, 3.63) is 76.3 Å². The van der Waals surface area contributed by atoms with E-state index in [0.717, 1.165) is 45.9 Å². The standard InChI is InChI=1S/C26H27BrN2O4S/c1-30-20-7-9-21(10-8-20)33-16-23-22-15-25(32-3)24(31-2)13-17(22)11-12-29(23)26(34)28-19-6-4-5-18(27)14-19/h4-10,13-15,23H,11-12,16H2,1-3H3,(H,28,34)/t23-/m1/s1. The van der Waals surface area contributed by atoms with E-state index in [1.165, 1.54) is 5.56 Å². The van der Waals surface area contributed by atoms with Crippen LogP contribution in [0.3, 0.4) is 0 Å². The fourth-order valence-electron chi connectivity index (χ4n) is 4.06.